The molecule has 26 heavy (non-hydrogen) atoms. The van der Waals surface area contributed by atoms with Gasteiger partial charge in [0.15, 0.2) is 0 Å². The summed E-state index contributed by atoms with van der Waals surface area (Å²) >= 11 is 0. The van der Waals surface area contributed by atoms with Crippen LogP contribution >= 0.6 is 0 Å². The van der Waals surface area contributed by atoms with Crippen LogP contribution in [0.4, 0.5) is 0 Å². The molecule has 140 valence electrons. The fourth-order valence-electron chi connectivity index (χ4n) is 3.83. The standard InChI is InChI=1S/C19H25N3O3S/c1-14-12-20-19(22(14)16-6-7-16)10-15-8-9-21(13-15)26(23,24)18-5-3-4-17(11-18)25-2/h3-5,11-12,15-16H,6-10,13H2,1-2H3. The van der Waals surface area contributed by atoms with E-state index < -0.39 is 10.0 Å². The summed E-state index contributed by atoms with van der Waals surface area (Å²) in [6, 6.07) is 7.30. The van der Waals surface area contributed by atoms with Gasteiger partial charge in [-0.1, -0.05) is 6.07 Å². The maximum Gasteiger partial charge on any atom is 0.243 e. The molecule has 7 heteroatoms. The van der Waals surface area contributed by atoms with E-state index in [-0.39, 0.29) is 0 Å². The first-order valence-electron chi connectivity index (χ1n) is 9.16. The van der Waals surface area contributed by atoms with Crippen LogP contribution in [0.1, 0.15) is 36.8 Å². The van der Waals surface area contributed by atoms with Gasteiger partial charge in [-0.25, -0.2) is 13.4 Å². The van der Waals surface area contributed by atoms with Crippen molar-refractivity contribution in [3.8, 4) is 5.75 Å². The van der Waals surface area contributed by atoms with Gasteiger partial charge in [0.1, 0.15) is 11.6 Å². The maximum absolute atomic E-state index is 12.9. The minimum Gasteiger partial charge on any atom is -0.497 e. The molecule has 2 aliphatic rings. The van der Waals surface area contributed by atoms with E-state index >= 15 is 0 Å². The molecule has 1 saturated heterocycles. The lowest BCUT2D eigenvalue weighted by Gasteiger charge is -2.17. The van der Waals surface area contributed by atoms with E-state index in [0.717, 1.165) is 18.7 Å². The Morgan fingerprint density at radius 1 is 1.27 bits per heavy atom. The summed E-state index contributed by atoms with van der Waals surface area (Å²) < 4.78 is 35.0. The molecule has 6 nitrogen and oxygen atoms in total. The van der Waals surface area contributed by atoms with Crippen LogP contribution in [-0.4, -0.2) is 42.5 Å². The number of ether oxygens (including phenoxy) is 1. The number of aromatic nitrogens is 2. The number of nitrogens with zero attached hydrogens (tertiary/aromatic N) is 3. The van der Waals surface area contributed by atoms with Gasteiger partial charge in [-0.2, -0.15) is 4.31 Å². The van der Waals surface area contributed by atoms with Crippen LogP contribution in [0.3, 0.4) is 0 Å². The average molecular weight is 375 g/mol. The molecule has 1 atom stereocenters. The van der Waals surface area contributed by atoms with Gasteiger partial charge in [0, 0.05) is 43.5 Å². The van der Waals surface area contributed by atoms with Crippen LogP contribution in [0, 0.1) is 12.8 Å². The number of aryl methyl sites for hydroxylation is 1. The number of hydrogen-bond acceptors (Lipinski definition) is 4. The van der Waals surface area contributed by atoms with Crippen molar-refractivity contribution < 1.29 is 13.2 Å². The molecule has 2 fully saturated rings. The second kappa shape index (κ2) is 6.70. The molecule has 1 aliphatic heterocycles. The number of hydrogen-bond donors (Lipinski definition) is 0. The Hall–Kier alpha value is -1.86. The van der Waals surface area contributed by atoms with Crippen molar-refractivity contribution in [3.63, 3.8) is 0 Å². The van der Waals surface area contributed by atoms with Crippen LogP contribution in [0.25, 0.3) is 0 Å². The number of sulfonamides is 1. The lowest BCUT2D eigenvalue weighted by Crippen LogP contribution is -2.29. The zero-order valence-corrected chi connectivity index (χ0v) is 16.1. The van der Waals surface area contributed by atoms with Gasteiger partial charge >= 0.3 is 0 Å². The second-order valence-corrected chi connectivity index (χ2v) is 9.26. The van der Waals surface area contributed by atoms with Gasteiger partial charge in [0.25, 0.3) is 0 Å². The van der Waals surface area contributed by atoms with Crippen molar-refractivity contribution in [2.24, 2.45) is 5.92 Å². The Morgan fingerprint density at radius 3 is 2.81 bits per heavy atom. The van der Waals surface area contributed by atoms with E-state index in [4.69, 9.17) is 4.74 Å². The Kier molecular flexibility index (Phi) is 4.52. The van der Waals surface area contributed by atoms with Gasteiger partial charge < -0.3 is 9.30 Å². The van der Waals surface area contributed by atoms with E-state index in [1.165, 1.54) is 18.5 Å². The predicted molar refractivity (Wildman–Crippen MR) is 98.8 cm³/mol. The van der Waals surface area contributed by atoms with Crippen molar-refractivity contribution in [3.05, 3.63) is 42.0 Å². The lowest BCUT2D eigenvalue weighted by atomic mass is 10.0. The minimum atomic E-state index is -3.48. The Labute approximate surface area is 154 Å². The van der Waals surface area contributed by atoms with Gasteiger partial charge in [-0.3, -0.25) is 0 Å². The first-order chi connectivity index (χ1) is 12.5. The summed E-state index contributed by atoms with van der Waals surface area (Å²) in [7, 11) is -1.94. The van der Waals surface area contributed by atoms with E-state index in [1.807, 2.05) is 6.20 Å². The van der Waals surface area contributed by atoms with Gasteiger partial charge in [0.05, 0.1) is 12.0 Å². The molecule has 1 aromatic carbocycles. The normalized spacial score (nSPS) is 21.2. The molecule has 0 radical (unpaired) electrons. The highest BCUT2D eigenvalue weighted by Gasteiger charge is 2.34. The molecule has 0 N–H and O–H groups in total. The Balaban J connectivity index is 1.48. The van der Waals surface area contributed by atoms with E-state index in [1.54, 1.807) is 35.7 Å². The monoisotopic (exact) mass is 375 g/mol. The molecule has 1 unspecified atom stereocenters. The lowest BCUT2D eigenvalue weighted by molar-refractivity contribution is 0.412. The number of rotatable bonds is 6. The molecular weight excluding hydrogens is 350 g/mol. The van der Waals surface area contributed by atoms with Crippen molar-refractivity contribution in [2.75, 3.05) is 20.2 Å². The highest BCUT2D eigenvalue weighted by Crippen LogP contribution is 2.38. The zero-order chi connectivity index (χ0) is 18.3. The molecule has 1 aromatic heterocycles. The predicted octanol–water partition coefficient (Wildman–Crippen LogP) is 2.79. The van der Waals surface area contributed by atoms with Crippen LogP contribution in [0.5, 0.6) is 5.75 Å². The molecule has 1 aliphatic carbocycles. The number of methoxy groups -OCH3 is 1. The largest absolute Gasteiger partial charge is 0.497 e. The number of imidazole rings is 1. The topological polar surface area (TPSA) is 64.4 Å². The molecule has 4 rings (SSSR count). The van der Waals surface area contributed by atoms with Gasteiger partial charge in [-0.15, -0.1) is 0 Å². The van der Waals surface area contributed by atoms with Crippen LogP contribution in [0.15, 0.2) is 35.4 Å². The third kappa shape index (κ3) is 3.25. The van der Waals surface area contributed by atoms with E-state index in [0.29, 0.717) is 35.7 Å². The second-order valence-electron chi connectivity index (χ2n) is 7.32. The SMILES string of the molecule is COc1cccc(S(=O)(=O)N2CCC(Cc3ncc(C)n3C3CC3)C2)c1. The van der Waals surface area contributed by atoms with Gasteiger partial charge in [-0.05, 0) is 44.2 Å². The van der Waals surface area contributed by atoms with Crippen LogP contribution in [0.2, 0.25) is 0 Å². The molecule has 0 amide bonds. The fourth-order valence-corrected chi connectivity index (χ4v) is 5.40. The molecule has 0 spiro atoms. The molecule has 2 aromatic rings. The van der Waals surface area contributed by atoms with Crippen LogP contribution < -0.4 is 4.74 Å². The third-order valence-corrected chi connectivity index (χ3v) is 7.23. The summed E-state index contributed by atoms with van der Waals surface area (Å²) in [6.07, 6.45) is 6.11. The maximum atomic E-state index is 12.9. The summed E-state index contributed by atoms with van der Waals surface area (Å²) in [5, 5.41) is 0. The molecule has 1 saturated carbocycles. The summed E-state index contributed by atoms with van der Waals surface area (Å²) in [5.41, 5.74) is 1.21. The Bertz CT molecular complexity index is 903. The van der Waals surface area contributed by atoms with Gasteiger partial charge in [0.2, 0.25) is 10.0 Å². The summed E-state index contributed by atoms with van der Waals surface area (Å²) in [4.78, 5) is 4.89. The van der Waals surface area contributed by atoms with Crippen molar-refractivity contribution in [2.45, 2.75) is 43.5 Å². The van der Waals surface area contributed by atoms with Crippen LogP contribution in [-0.2, 0) is 16.4 Å². The van der Waals surface area contributed by atoms with E-state index in [9.17, 15) is 8.42 Å². The first-order valence-corrected chi connectivity index (χ1v) is 10.6. The zero-order valence-electron chi connectivity index (χ0n) is 15.3. The minimum absolute atomic E-state index is 0.299. The van der Waals surface area contributed by atoms with Crippen molar-refractivity contribution in [1.29, 1.82) is 0 Å². The highest BCUT2D eigenvalue weighted by atomic mass is 32.2. The van der Waals surface area contributed by atoms with Crippen molar-refractivity contribution >= 4 is 10.0 Å². The van der Waals surface area contributed by atoms with Crippen molar-refractivity contribution in [1.82, 2.24) is 13.9 Å². The number of benzene rings is 1. The summed E-state index contributed by atoms with van der Waals surface area (Å²) in [6.45, 7) is 3.21. The Morgan fingerprint density at radius 2 is 2.08 bits per heavy atom. The fraction of sp³-hybridized carbons (Fsp3) is 0.526. The first kappa shape index (κ1) is 17.5. The smallest absolute Gasteiger partial charge is 0.243 e. The molecular formula is C19H25N3O3S. The molecule has 0 bridgehead atoms. The molecule has 2 heterocycles. The highest BCUT2D eigenvalue weighted by molar-refractivity contribution is 7.89. The quantitative estimate of drug-likeness (QED) is 0.779. The average Bonchev–Trinajstić information content (AvgIpc) is 3.24. The summed E-state index contributed by atoms with van der Waals surface area (Å²) in [5.74, 6) is 1.98. The van der Waals surface area contributed by atoms with E-state index in [2.05, 4.69) is 16.5 Å². The third-order valence-electron chi connectivity index (χ3n) is 5.37.